The van der Waals surface area contributed by atoms with Crippen LogP contribution in [0.5, 0.6) is 0 Å². The first kappa shape index (κ1) is 94.1. The zero-order valence-corrected chi connectivity index (χ0v) is 81.4. The number of nitrogens with two attached hydrogens (primary N) is 4. The summed E-state index contributed by atoms with van der Waals surface area (Å²) in [6.45, 7) is 25.3. The molecule has 4 aromatic heterocycles. The number of nitrogens with one attached hydrogen (secondary N) is 4. The Morgan fingerprint density at radius 2 is 0.451 bits per heavy atom. The number of halogens is 4. The van der Waals surface area contributed by atoms with Crippen molar-refractivity contribution in [2.24, 2.45) is 0 Å². The smallest absolute Gasteiger partial charge is 0.251 e. The van der Waals surface area contributed by atoms with E-state index in [9.17, 15) is 36.7 Å². The van der Waals surface area contributed by atoms with Crippen molar-refractivity contribution in [3.05, 3.63) is 469 Å². The molecular weight excluding hydrogens is 1810 g/mol. The number of carbonyl (C=O) groups is 4. The largest absolute Gasteiger partial charge is 0.384 e. The SMILES string of the molecule is Cc1cc(N)nc(C)c1CNC(=O)c1ccc2c(c1)C1(C)OC2c2ccc(-c3ccc(F)cc3)cc21.Cc1cc(N)nc(C)c1CNC(=O)c1ccc2c(c1)C1OC2(C)c2cc(-c3ccc(F)cc3)ccc21.Cc1cc(N)nc(C)c1CNC(=O)c1ccc2c(c1)C1OC2(C)c2cc(-c3ccc(F)cc3)ccc21.Cc1cc(N)nc(C)c1CNC(=O)c1ccc2c(c1)C1OC2(C)c2ccc(-c3ccc(F)cc3)cc21. The number of nitrogens with zero attached hydrogens (tertiary/aromatic N) is 4. The number of nitrogen functional groups attached to an aromatic ring is 4. The van der Waals surface area contributed by atoms with E-state index in [-0.39, 0.29) is 71.3 Å². The van der Waals surface area contributed by atoms with Crippen LogP contribution in [0.25, 0.3) is 44.5 Å². The molecule has 16 aromatic rings. The van der Waals surface area contributed by atoms with Gasteiger partial charge in [0, 0.05) is 71.2 Å². The van der Waals surface area contributed by atoms with E-state index < -0.39 is 22.4 Å². The standard InChI is InChI=1S/4C30H26FN3O2/c2*1-16-12-27(32)34-17(2)24(16)15-33-29(35)20-7-11-25-23(13-20)28-22-10-6-19(14-26(22)30(25,3)36-28)18-4-8-21(31)9-5-18;1-16-12-27(32)34-17(2)24(16)15-33-29(35)20-7-11-26-23(14-20)28-22-13-19(18-4-8-21(31)9-5-18)6-10-25(22)30(26,3)36-28;1-16-12-27(32)34-17(2)24(16)15-33-29(35)20-7-11-23-26(14-20)30(3)25-13-19(6-10-22(25)28(23)36-30)18-4-8-21(31)9-5-18/h4*4-14,28H,15H2,1-3H3,(H2,32,34)(H,33,35). The van der Waals surface area contributed by atoms with Gasteiger partial charge >= 0.3 is 0 Å². The number of fused-ring (bicyclic) bond motifs is 32. The van der Waals surface area contributed by atoms with Gasteiger partial charge in [-0.15, -0.1) is 0 Å². The Bertz CT molecular complexity index is 7730. The fourth-order valence-electron chi connectivity index (χ4n) is 22.4. The number of amides is 4. The molecule has 8 unspecified atom stereocenters. The third-order valence-corrected chi connectivity index (χ3v) is 30.0. The number of ether oxygens (including phenoxy) is 4. The van der Waals surface area contributed by atoms with Crippen LogP contribution in [0.4, 0.5) is 40.8 Å². The molecule has 0 saturated heterocycles. The molecule has 8 bridgehead atoms. The van der Waals surface area contributed by atoms with E-state index in [1.807, 2.05) is 165 Å². The first-order valence-electron chi connectivity index (χ1n) is 47.9. The summed E-state index contributed by atoms with van der Waals surface area (Å²) >= 11 is 0. The third-order valence-electron chi connectivity index (χ3n) is 30.0. The van der Waals surface area contributed by atoms with Crippen molar-refractivity contribution in [1.29, 1.82) is 0 Å². The topological polar surface area (TPSA) is 309 Å². The lowest BCUT2D eigenvalue weighted by Crippen LogP contribution is -2.26. The van der Waals surface area contributed by atoms with Crippen LogP contribution in [0.2, 0.25) is 0 Å². The van der Waals surface area contributed by atoms with Gasteiger partial charge in [-0.2, -0.15) is 0 Å². The zero-order chi connectivity index (χ0) is 101. The number of hydrogen-bond acceptors (Lipinski definition) is 16. The molecule has 144 heavy (non-hydrogen) atoms. The van der Waals surface area contributed by atoms with Gasteiger partial charge in [0.05, 0.1) is 0 Å². The van der Waals surface area contributed by atoms with Gasteiger partial charge in [-0.1, -0.05) is 121 Å². The summed E-state index contributed by atoms with van der Waals surface area (Å²) in [4.78, 5) is 69.5. The molecule has 0 radical (unpaired) electrons. The van der Waals surface area contributed by atoms with Gasteiger partial charge in [-0.3, -0.25) is 19.2 Å². The highest BCUT2D eigenvalue weighted by Crippen LogP contribution is 2.63. The van der Waals surface area contributed by atoms with Gasteiger partial charge < -0.3 is 63.1 Å². The molecular formula is C120H104F4N12O8. The monoisotopic (exact) mass is 1920 g/mol. The molecule has 0 fully saturated rings. The molecule has 24 rings (SSSR count). The van der Waals surface area contributed by atoms with Crippen molar-refractivity contribution in [2.75, 3.05) is 22.9 Å². The van der Waals surface area contributed by atoms with Crippen LogP contribution < -0.4 is 44.2 Å². The molecule has 4 amide bonds. The number of carbonyl (C=O) groups excluding carboxylic acids is 4. The number of benzene rings is 12. The highest BCUT2D eigenvalue weighted by atomic mass is 19.1. The van der Waals surface area contributed by atoms with Crippen molar-refractivity contribution < 1.29 is 55.7 Å². The van der Waals surface area contributed by atoms with Crippen LogP contribution >= 0.6 is 0 Å². The molecule has 12 aromatic carbocycles. The Hall–Kier alpha value is -16.1. The number of aromatic nitrogens is 4. The Morgan fingerprint density at radius 3 is 0.736 bits per heavy atom. The molecule has 12 N–H and O–H groups in total. The minimum absolute atomic E-state index is 0.145. The Kier molecular flexibility index (Phi) is 23.6. The van der Waals surface area contributed by atoms with Crippen LogP contribution in [0.1, 0.15) is 250 Å². The van der Waals surface area contributed by atoms with E-state index in [2.05, 4.69) is 130 Å². The molecule has 0 spiro atoms. The molecule has 720 valence electrons. The van der Waals surface area contributed by atoms with Crippen LogP contribution in [-0.4, -0.2) is 43.6 Å². The molecule has 8 atom stereocenters. The van der Waals surface area contributed by atoms with E-state index in [1.54, 1.807) is 48.5 Å². The predicted molar refractivity (Wildman–Crippen MR) is 548 cm³/mol. The van der Waals surface area contributed by atoms with Crippen molar-refractivity contribution in [2.45, 2.75) is 156 Å². The first-order chi connectivity index (χ1) is 69.0. The maximum Gasteiger partial charge on any atom is 0.251 e. The number of anilines is 4. The van der Waals surface area contributed by atoms with Gasteiger partial charge in [-0.05, 0) is 407 Å². The van der Waals surface area contributed by atoms with Gasteiger partial charge in [0.1, 0.15) is 93.4 Å². The summed E-state index contributed by atoms with van der Waals surface area (Å²) in [7, 11) is 0. The Morgan fingerprint density at radius 1 is 0.250 bits per heavy atom. The second kappa shape index (κ2) is 36.1. The maximum atomic E-state index is 13.4. The van der Waals surface area contributed by atoms with Crippen LogP contribution in [0.3, 0.4) is 0 Å². The van der Waals surface area contributed by atoms with Gasteiger partial charge in [0.15, 0.2) is 0 Å². The summed E-state index contributed by atoms with van der Waals surface area (Å²) in [5.74, 6) is 0.300. The average molecular weight is 1920 g/mol. The maximum absolute atomic E-state index is 13.4. The summed E-state index contributed by atoms with van der Waals surface area (Å²) in [5.41, 5.74) is 59.5. The third kappa shape index (κ3) is 16.6. The second-order valence-electron chi connectivity index (χ2n) is 39.0. The lowest BCUT2D eigenvalue weighted by Gasteiger charge is -2.25. The molecule has 0 saturated carbocycles. The van der Waals surface area contributed by atoms with E-state index in [0.717, 1.165) is 201 Å². The molecule has 12 heterocycles. The van der Waals surface area contributed by atoms with E-state index >= 15 is 0 Å². The van der Waals surface area contributed by atoms with Crippen molar-refractivity contribution in [3.63, 3.8) is 0 Å². The summed E-state index contributed by atoms with van der Waals surface area (Å²) in [5, 5.41) is 12.1. The zero-order valence-electron chi connectivity index (χ0n) is 81.4. The lowest BCUT2D eigenvalue weighted by molar-refractivity contribution is 0.00881. The van der Waals surface area contributed by atoms with E-state index in [0.29, 0.717) is 71.7 Å². The molecule has 20 nitrogen and oxygen atoms in total. The quantitative estimate of drug-likeness (QED) is 0.0417. The van der Waals surface area contributed by atoms with Gasteiger partial charge in [0.25, 0.3) is 23.6 Å². The van der Waals surface area contributed by atoms with E-state index in [1.165, 1.54) is 48.5 Å². The molecule has 8 aliphatic heterocycles. The van der Waals surface area contributed by atoms with Gasteiger partial charge in [0.2, 0.25) is 0 Å². The molecule has 0 aliphatic carbocycles. The van der Waals surface area contributed by atoms with E-state index in [4.69, 9.17) is 41.9 Å². The van der Waals surface area contributed by atoms with Crippen molar-refractivity contribution >= 4 is 46.9 Å². The average Bonchev–Trinajstić information content (AvgIpc) is 1.55. The molecule has 8 aliphatic rings. The van der Waals surface area contributed by atoms with Crippen LogP contribution in [0, 0.1) is 78.7 Å². The Labute approximate surface area is 831 Å². The first-order valence-corrected chi connectivity index (χ1v) is 47.9. The summed E-state index contributed by atoms with van der Waals surface area (Å²) < 4.78 is 79.6. The lowest BCUT2D eigenvalue weighted by atomic mass is 9.77. The second-order valence-corrected chi connectivity index (χ2v) is 39.0. The fraction of sp³-hybridized carbons (Fsp3) is 0.200. The molecule has 24 heteroatoms. The number of rotatable bonds is 16. The highest BCUT2D eigenvalue weighted by molar-refractivity contribution is 5.97. The van der Waals surface area contributed by atoms with Crippen LogP contribution in [-0.2, 0) is 67.5 Å². The minimum Gasteiger partial charge on any atom is -0.384 e. The number of aryl methyl sites for hydroxylation is 8. The highest BCUT2D eigenvalue weighted by Gasteiger charge is 2.56. The summed E-state index contributed by atoms with van der Waals surface area (Å²) in [6, 6.07) is 81.6. The summed E-state index contributed by atoms with van der Waals surface area (Å²) in [6.07, 6.45) is -0.855. The van der Waals surface area contributed by atoms with Gasteiger partial charge in [-0.25, -0.2) is 37.5 Å². The predicted octanol–water partition coefficient (Wildman–Crippen LogP) is 22.9. The van der Waals surface area contributed by atoms with Crippen LogP contribution in [0.15, 0.2) is 267 Å². The number of hydrogen-bond donors (Lipinski definition) is 8. The van der Waals surface area contributed by atoms with Crippen molar-refractivity contribution in [3.8, 4) is 44.5 Å². The fourth-order valence-corrected chi connectivity index (χ4v) is 22.4. The Balaban J connectivity index is 0.000000113. The minimum atomic E-state index is -0.657. The number of pyridine rings is 4. The van der Waals surface area contributed by atoms with Crippen molar-refractivity contribution in [1.82, 2.24) is 41.2 Å². The normalized spacial score (nSPS) is 19.2.